The largest absolute Gasteiger partial charge is 0.467 e. The summed E-state index contributed by atoms with van der Waals surface area (Å²) in [6, 6.07) is 0.923. The van der Waals surface area contributed by atoms with E-state index >= 15 is 0 Å². The van der Waals surface area contributed by atoms with Gasteiger partial charge >= 0.3 is 5.97 Å². The molecule has 5 saturated heterocycles. The highest BCUT2D eigenvalue weighted by Gasteiger charge is 2.79. The Morgan fingerprint density at radius 1 is 1.14 bits per heavy atom. The normalized spacial score (nSPS) is 53.8. The predicted octanol–water partition coefficient (Wildman–Crippen LogP) is 3.00. The number of thioether (sulfide) groups is 1. The highest BCUT2D eigenvalue weighted by molar-refractivity contribution is 8.13. The molecule has 43 heavy (non-hydrogen) atoms. The number of carbonyl (C=O) groups excluding carboxylic acids is 2. The molecule has 8 nitrogen and oxygen atoms in total. The number of nitrogens with one attached hydrogen (secondary N) is 1. The van der Waals surface area contributed by atoms with E-state index < -0.39 is 17.3 Å². The Morgan fingerprint density at radius 3 is 2.60 bits per heavy atom. The van der Waals surface area contributed by atoms with Crippen molar-refractivity contribution in [2.45, 2.75) is 101 Å². The van der Waals surface area contributed by atoms with Gasteiger partial charge in [-0.05, 0) is 110 Å². The molecule has 8 aliphatic rings. The van der Waals surface area contributed by atoms with Crippen LogP contribution < -0.4 is 5.32 Å². The molecule has 0 aromatic rings. The van der Waals surface area contributed by atoms with E-state index in [0.29, 0.717) is 47.5 Å². The van der Waals surface area contributed by atoms with Gasteiger partial charge in [-0.1, -0.05) is 12.8 Å². The number of rotatable bonds is 6. The maximum Gasteiger partial charge on any atom is 0.342 e. The summed E-state index contributed by atoms with van der Waals surface area (Å²) in [5.41, 5.74) is -2.90. The maximum absolute atomic E-state index is 13.9. The van der Waals surface area contributed by atoms with Gasteiger partial charge in [0.25, 0.3) is 0 Å². The van der Waals surface area contributed by atoms with Crippen LogP contribution in [0.15, 0.2) is 0 Å². The minimum Gasteiger partial charge on any atom is -0.467 e. The third-order valence-corrected chi connectivity index (χ3v) is 15.8. The first-order chi connectivity index (χ1) is 20.6. The Balaban J connectivity index is 1.28. The molecular weight excluding hydrogens is 583 g/mol. The number of esters is 1. The van der Waals surface area contributed by atoms with Crippen LogP contribution in [-0.4, -0.2) is 112 Å². The zero-order valence-electron chi connectivity index (χ0n) is 26.3. The minimum absolute atomic E-state index is 0.0554. The SMILES string of the molecule is C=S(C)CC1CCC2C(C1)C1C3CNC(=O)C3C3C4CC(CSCC)CCC4N4C5C[C@](O)(C(=O)OC)[C@](C)(O5)N2C1C34. The minimum atomic E-state index is -1.74. The van der Waals surface area contributed by atoms with Gasteiger partial charge in [0.05, 0.1) is 7.11 Å². The summed E-state index contributed by atoms with van der Waals surface area (Å²) in [7, 11) is 1.53. The van der Waals surface area contributed by atoms with Gasteiger partial charge < -0.3 is 19.9 Å². The monoisotopic (exact) mass is 633 g/mol. The van der Waals surface area contributed by atoms with Crippen molar-refractivity contribution in [1.29, 1.82) is 0 Å². The van der Waals surface area contributed by atoms with Crippen molar-refractivity contribution in [1.82, 2.24) is 15.1 Å². The number of nitrogens with zero attached hydrogens (tertiary/aromatic N) is 2. The number of fused-ring (bicyclic) bond motifs is 13. The van der Waals surface area contributed by atoms with Crippen molar-refractivity contribution in [2.75, 3.05) is 37.2 Å². The standard InChI is InChI=1S/C33H51N3O5S2/c1-6-42-15-17-7-9-22-19(11-17)26-27-21(14-34-30(27)37)25-20-12-18(16-43(4)5)8-10-23(20)36-29(25)28(26)35(22)24-13-33(39,31(38)40-3)32(36,2)41-24/h17-29,39H,4,6-16H2,1-3,5H3,(H,34,37)/t17?,18?,19?,20?,21?,22?,23?,24?,25?,26?,27?,28?,29?,32-,33-,43?/m0/s1. The first-order valence-corrected chi connectivity index (χ1v) is 20.1. The molecule has 0 aromatic heterocycles. The lowest BCUT2D eigenvalue weighted by Gasteiger charge is -2.53. The van der Waals surface area contributed by atoms with Gasteiger partial charge in [0, 0.05) is 43.1 Å². The third kappa shape index (κ3) is 3.95. The van der Waals surface area contributed by atoms with Crippen molar-refractivity contribution >= 4 is 40.0 Å². The quantitative estimate of drug-likeness (QED) is 0.341. The molecule has 3 aliphatic carbocycles. The van der Waals surface area contributed by atoms with Gasteiger partial charge in [0.15, 0.2) is 5.72 Å². The molecule has 14 unspecified atom stereocenters. The topological polar surface area (TPSA) is 91.3 Å². The van der Waals surface area contributed by atoms with E-state index in [1.165, 1.54) is 25.7 Å². The molecule has 240 valence electrons. The zero-order valence-corrected chi connectivity index (χ0v) is 27.9. The molecule has 3 saturated carbocycles. The average Bonchev–Trinajstić information content (AvgIpc) is 3.67. The van der Waals surface area contributed by atoms with Crippen LogP contribution >= 0.6 is 22.2 Å². The van der Waals surface area contributed by atoms with E-state index in [1.807, 2.05) is 6.92 Å². The Labute approximate surface area is 263 Å². The van der Waals surface area contributed by atoms with E-state index in [1.54, 1.807) is 0 Å². The lowest BCUT2D eigenvalue weighted by Crippen LogP contribution is -2.71. The molecule has 8 rings (SSSR count). The molecule has 1 amide bonds. The number of hydrogen-bond donors (Lipinski definition) is 2. The average molecular weight is 634 g/mol. The van der Waals surface area contributed by atoms with Crippen LogP contribution in [0.25, 0.3) is 0 Å². The molecule has 0 radical (unpaired) electrons. The van der Waals surface area contributed by atoms with Crippen LogP contribution in [-0.2, 0) is 19.1 Å². The second-order valence-electron chi connectivity index (χ2n) is 15.5. The Hall–Kier alpha value is -0.650. The van der Waals surface area contributed by atoms with E-state index in [-0.39, 0.29) is 53.1 Å². The number of ether oxygens (including phenoxy) is 2. The van der Waals surface area contributed by atoms with E-state index in [0.717, 1.165) is 43.7 Å². The Kier molecular flexibility index (Phi) is 7.21. The number of methoxy groups -OCH3 is 1. The van der Waals surface area contributed by atoms with Crippen LogP contribution in [0.4, 0.5) is 0 Å². The Bertz CT molecular complexity index is 1210. The second-order valence-corrected chi connectivity index (χ2v) is 18.7. The fourth-order valence-corrected chi connectivity index (χ4v) is 14.5. The summed E-state index contributed by atoms with van der Waals surface area (Å²) in [5, 5.41) is 15.8. The van der Waals surface area contributed by atoms with Gasteiger partial charge in [-0.15, -0.1) is 0 Å². The summed E-state index contributed by atoms with van der Waals surface area (Å²) in [6.45, 7) is 5.00. The van der Waals surface area contributed by atoms with Gasteiger partial charge in [-0.3, -0.25) is 14.6 Å². The molecule has 5 aliphatic heterocycles. The first kappa shape index (κ1) is 29.7. The van der Waals surface area contributed by atoms with Crippen LogP contribution in [0.2, 0.25) is 0 Å². The van der Waals surface area contributed by atoms with Crippen molar-refractivity contribution in [3.05, 3.63) is 0 Å². The third-order valence-electron chi connectivity index (χ3n) is 13.7. The van der Waals surface area contributed by atoms with Crippen molar-refractivity contribution in [3.8, 4) is 0 Å². The molecule has 10 heteroatoms. The van der Waals surface area contributed by atoms with Crippen LogP contribution in [0, 0.1) is 47.3 Å². The molecular formula is C33H51N3O5S2. The number of aliphatic hydroxyl groups is 1. The summed E-state index contributed by atoms with van der Waals surface area (Å²) >= 11 is 2.05. The number of carbonyl (C=O) groups is 2. The zero-order chi connectivity index (χ0) is 30.0. The number of hydrogen-bond acceptors (Lipinski definition) is 8. The lowest BCUT2D eigenvalue weighted by atomic mass is 9.56. The van der Waals surface area contributed by atoms with Crippen molar-refractivity contribution < 1.29 is 24.2 Å². The van der Waals surface area contributed by atoms with Gasteiger partial charge in [0.1, 0.15) is 6.23 Å². The fraction of sp³-hybridized carbons (Fsp3) is 0.909. The van der Waals surface area contributed by atoms with Crippen LogP contribution in [0.3, 0.4) is 0 Å². The Morgan fingerprint density at radius 2 is 1.86 bits per heavy atom. The highest BCUT2D eigenvalue weighted by atomic mass is 32.2. The van der Waals surface area contributed by atoms with Gasteiger partial charge in [-0.25, -0.2) is 4.79 Å². The summed E-state index contributed by atoms with van der Waals surface area (Å²) in [4.78, 5) is 32.6. The van der Waals surface area contributed by atoms with Crippen molar-refractivity contribution in [3.63, 3.8) is 0 Å². The second kappa shape index (κ2) is 10.4. The maximum atomic E-state index is 13.9. The summed E-state index contributed by atoms with van der Waals surface area (Å²) in [5.74, 6) is 10.8. The summed E-state index contributed by atoms with van der Waals surface area (Å²) < 4.78 is 12.5. The molecule has 2 bridgehead atoms. The van der Waals surface area contributed by atoms with Crippen molar-refractivity contribution in [2.24, 2.45) is 47.3 Å². The molecule has 0 aromatic carbocycles. The van der Waals surface area contributed by atoms with E-state index in [2.05, 4.69) is 45.9 Å². The summed E-state index contributed by atoms with van der Waals surface area (Å²) in [6.07, 6.45) is 8.93. The van der Waals surface area contributed by atoms with Gasteiger partial charge in [0.2, 0.25) is 11.5 Å². The molecule has 5 heterocycles. The predicted molar refractivity (Wildman–Crippen MR) is 171 cm³/mol. The lowest BCUT2D eigenvalue weighted by molar-refractivity contribution is -0.235. The molecule has 8 fully saturated rings. The molecule has 2 N–H and O–H groups in total. The van der Waals surface area contributed by atoms with Crippen LogP contribution in [0.1, 0.15) is 58.8 Å². The van der Waals surface area contributed by atoms with E-state index in [9.17, 15) is 14.7 Å². The van der Waals surface area contributed by atoms with Gasteiger partial charge in [-0.2, -0.15) is 22.2 Å². The fourth-order valence-electron chi connectivity index (χ4n) is 12.5. The van der Waals surface area contributed by atoms with E-state index in [4.69, 9.17) is 9.47 Å². The molecule has 16 atom stereocenters. The first-order valence-electron chi connectivity index (χ1n) is 16.9. The van der Waals surface area contributed by atoms with Crippen LogP contribution in [0.5, 0.6) is 0 Å². The smallest absolute Gasteiger partial charge is 0.342 e. The highest BCUT2D eigenvalue weighted by Crippen LogP contribution is 2.68. The molecule has 0 spiro atoms. The number of amides is 1.